The molecule has 3 unspecified atom stereocenters. The van der Waals surface area contributed by atoms with Crippen LogP contribution in [-0.2, 0) is 19.1 Å². The molecule has 0 aromatic rings. The van der Waals surface area contributed by atoms with Gasteiger partial charge in [0.1, 0.15) is 6.04 Å². The molecule has 0 spiro atoms. The minimum atomic E-state index is -1.22. The van der Waals surface area contributed by atoms with Crippen LogP contribution in [0.1, 0.15) is 20.3 Å². The second-order valence-corrected chi connectivity index (χ2v) is 5.97. The molecule has 4 N–H and O–H groups in total. The molecule has 0 saturated carbocycles. The molecule has 0 aliphatic carbocycles. The van der Waals surface area contributed by atoms with Crippen LogP contribution in [0.4, 0.5) is 0 Å². The van der Waals surface area contributed by atoms with Gasteiger partial charge in [0.05, 0.1) is 10.9 Å². The Morgan fingerprint density at radius 2 is 2.19 bits per heavy atom. The number of carbonyl (C=O) groups is 3. The monoisotopic (exact) mass is 316 g/mol. The van der Waals surface area contributed by atoms with Crippen LogP contribution in [0.15, 0.2) is 11.6 Å². The topological polar surface area (TPSA) is 119 Å². The highest BCUT2D eigenvalue weighted by Crippen LogP contribution is 2.21. The third-order valence-electron chi connectivity index (χ3n) is 3.25. The number of aliphatic carboxylic acids is 1. The Morgan fingerprint density at radius 3 is 2.67 bits per heavy atom. The van der Waals surface area contributed by atoms with E-state index < -0.39 is 29.3 Å². The Labute approximate surface area is 127 Å². The summed E-state index contributed by atoms with van der Waals surface area (Å²) < 4.78 is 4.60. The van der Waals surface area contributed by atoms with Crippen molar-refractivity contribution in [3.05, 3.63) is 11.6 Å². The first-order chi connectivity index (χ1) is 9.86. The molecule has 0 amide bonds. The zero-order valence-corrected chi connectivity index (χ0v) is 12.8. The standard InChI is InChI=1S/C13H20N2O5S/c1-3-7(2)10(14)13(19)20-9(16)6-8(12(17)18)11-15-4-5-21-11/h6-7,10-11,15H,3-5,14H2,1-2H3,(H,17,18)/b8-6+. The molecule has 1 aliphatic heterocycles. The van der Waals surface area contributed by atoms with Crippen LogP contribution < -0.4 is 11.1 Å². The van der Waals surface area contributed by atoms with Gasteiger partial charge in [-0.25, -0.2) is 14.4 Å². The van der Waals surface area contributed by atoms with Gasteiger partial charge >= 0.3 is 17.9 Å². The summed E-state index contributed by atoms with van der Waals surface area (Å²) in [5.74, 6) is -2.45. The molecule has 0 aromatic carbocycles. The molecule has 1 heterocycles. The molecule has 8 heteroatoms. The highest BCUT2D eigenvalue weighted by molar-refractivity contribution is 8.00. The molecule has 1 saturated heterocycles. The number of hydrogen-bond acceptors (Lipinski definition) is 7. The second-order valence-electron chi connectivity index (χ2n) is 4.76. The van der Waals surface area contributed by atoms with Crippen molar-refractivity contribution in [2.75, 3.05) is 12.3 Å². The van der Waals surface area contributed by atoms with Gasteiger partial charge in [-0.1, -0.05) is 20.3 Å². The van der Waals surface area contributed by atoms with Gasteiger partial charge in [-0.15, -0.1) is 11.8 Å². The van der Waals surface area contributed by atoms with E-state index in [-0.39, 0.29) is 11.5 Å². The first kappa shape index (κ1) is 17.7. The molecule has 0 radical (unpaired) electrons. The van der Waals surface area contributed by atoms with E-state index in [1.807, 2.05) is 6.92 Å². The molecule has 1 aliphatic rings. The summed E-state index contributed by atoms with van der Waals surface area (Å²) in [4.78, 5) is 34.5. The summed E-state index contributed by atoms with van der Waals surface area (Å²) in [6.45, 7) is 4.30. The minimum Gasteiger partial charge on any atom is -0.478 e. The van der Waals surface area contributed by atoms with Crippen molar-refractivity contribution in [1.29, 1.82) is 0 Å². The first-order valence-electron chi connectivity index (χ1n) is 6.67. The van der Waals surface area contributed by atoms with Crippen LogP contribution >= 0.6 is 11.8 Å². The van der Waals surface area contributed by atoms with Gasteiger partial charge < -0.3 is 20.9 Å². The van der Waals surface area contributed by atoms with E-state index in [1.165, 1.54) is 11.8 Å². The fourth-order valence-electron chi connectivity index (χ4n) is 1.68. The molecule has 1 rings (SSSR count). The number of esters is 2. The third-order valence-corrected chi connectivity index (χ3v) is 4.44. The Morgan fingerprint density at radius 1 is 1.52 bits per heavy atom. The van der Waals surface area contributed by atoms with E-state index >= 15 is 0 Å². The highest BCUT2D eigenvalue weighted by Gasteiger charge is 2.27. The van der Waals surface area contributed by atoms with Crippen molar-refractivity contribution >= 4 is 29.7 Å². The third kappa shape index (κ3) is 5.14. The lowest BCUT2D eigenvalue weighted by atomic mass is 10.0. The maximum Gasteiger partial charge on any atom is 0.339 e. The van der Waals surface area contributed by atoms with Gasteiger partial charge in [0.15, 0.2) is 0 Å². The van der Waals surface area contributed by atoms with Gasteiger partial charge in [-0.3, -0.25) is 0 Å². The van der Waals surface area contributed by atoms with Crippen molar-refractivity contribution in [2.24, 2.45) is 11.7 Å². The van der Waals surface area contributed by atoms with Gasteiger partial charge in [0.25, 0.3) is 0 Å². The van der Waals surface area contributed by atoms with Crippen LogP contribution in [0.2, 0.25) is 0 Å². The van der Waals surface area contributed by atoms with E-state index in [9.17, 15) is 14.4 Å². The van der Waals surface area contributed by atoms with Crippen molar-refractivity contribution in [3.63, 3.8) is 0 Å². The van der Waals surface area contributed by atoms with Crippen LogP contribution in [0.3, 0.4) is 0 Å². The van der Waals surface area contributed by atoms with Crippen LogP contribution in [0.25, 0.3) is 0 Å². The van der Waals surface area contributed by atoms with E-state index in [1.54, 1.807) is 6.92 Å². The molecule has 0 bridgehead atoms. The van der Waals surface area contributed by atoms with Gasteiger partial charge in [-0.05, 0) is 5.92 Å². The fraction of sp³-hybridized carbons (Fsp3) is 0.615. The number of hydrogen-bond donors (Lipinski definition) is 3. The van der Waals surface area contributed by atoms with Crippen molar-refractivity contribution in [2.45, 2.75) is 31.7 Å². The smallest absolute Gasteiger partial charge is 0.339 e. The molecule has 118 valence electrons. The predicted octanol–water partition coefficient (Wildman–Crippen LogP) is 0.103. The maximum absolute atomic E-state index is 11.7. The van der Waals surface area contributed by atoms with Crippen LogP contribution in [0, 0.1) is 5.92 Å². The predicted molar refractivity (Wildman–Crippen MR) is 78.5 cm³/mol. The average molecular weight is 316 g/mol. The summed E-state index contributed by atoms with van der Waals surface area (Å²) >= 11 is 1.38. The summed E-state index contributed by atoms with van der Waals surface area (Å²) in [6.07, 6.45) is 1.50. The van der Waals surface area contributed by atoms with Crippen LogP contribution in [0.5, 0.6) is 0 Å². The lowest BCUT2D eigenvalue weighted by molar-refractivity contribution is -0.158. The largest absolute Gasteiger partial charge is 0.478 e. The van der Waals surface area contributed by atoms with E-state index in [2.05, 4.69) is 10.1 Å². The van der Waals surface area contributed by atoms with Crippen molar-refractivity contribution in [3.8, 4) is 0 Å². The molecule has 1 fully saturated rings. The SMILES string of the molecule is CCC(C)C(N)C(=O)OC(=O)/C=C(/C(=O)O)C1NCCS1. The van der Waals surface area contributed by atoms with Crippen molar-refractivity contribution < 1.29 is 24.2 Å². The minimum absolute atomic E-state index is 0.125. The van der Waals surface area contributed by atoms with Gasteiger partial charge in [-0.2, -0.15) is 0 Å². The Bertz CT molecular complexity index is 446. The average Bonchev–Trinajstić information content (AvgIpc) is 2.96. The number of carboxylic acids is 1. The number of carboxylic acid groups (broad SMARTS) is 1. The number of carbonyl (C=O) groups excluding carboxylic acids is 2. The molecule has 7 nitrogen and oxygen atoms in total. The summed E-state index contributed by atoms with van der Waals surface area (Å²) in [7, 11) is 0. The Hall–Kier alpha value is -1.38. The normalized spacial score (nSPS) is 21.7. The van der Waals surface area contributed by atoms with E-state index in [0.29, 0.717) is 13.0 Å². The molecule has 3 atom stereocenters. The lowest BCUT2D eigenvalue weighted by Crippen LogP contribution is -2.39. The molecule has 0 aromatic heterocycles. The quantitative estimate of drug-likeness (QED) is 0.359. The van der Waals surface area contributed by atoms with Crippen LogP contribution in [-0.4, -0.2) is 46.7 Å². The second kappa shape index (κ2) is 8.16. The van der Waals surface area contributed by atoms with Gasteiger partial charge in [0.2, 0.25) is 0 Å². The highest BCUT2D eigenvalue weighted by atomic mass is 32.2. The zero-order chi connectivity index (χ0) is 16.0. The maximum atomic E-state index is 11.7. The lowest BCUT2D eigenvalue weighted by Gasteiger charge is -2.15. The molecular weight excluding hydrogens is 296 g/mol. The first-order valence-corrected chi connectivity index (χ1v) is 7.72. The number of nitrogens with two attached hydrogens (primary N) is 1. The summed E-state index contributed by atoms with van der Waals surface area (Å²) in [5.41, 5.74) is 5.52. The number of nitrogens with one attached hydrogen (secondary N) is 1. The Kier molecular flexibility index (Phi) is 6.86. The molecular formula is C13H20N2O5S. The van der Waals surface area contributed by atoms with Gasteiger partial charge in [0, 0.05) is 18.4 Å². The number of rotatable bonds is 6. The summed E-state index contributed by atoms with van der Waals surface area (Å²) in [6, 6.07) is -0.903. The van der Waals surface area contributed by atoms with Crippen molar-refractivity contribution in [1.82, 2.24) is 5.32 Å². The Balaban J connectivity index is 2.70. The number of thioether (sulfide) groups is 1. The van der Waals surface area contributed by atoms with E-state index in [4.69, 9.17) is 10.8 Å². The fourth-order valence-corrected chi connectivity index (χ4v) is 2.74. The molecule has 21 heavy (non-hydrogen) atoms. The number of ether oxygens (including phenoxy) is 1. The zero-order valence-electron chi connectivity index (χ0n) is 12.0. The summed E-state index contributed by atoms with van der Waals surface area (Å²) in [5, 5.41) is 11.6. The van der Waals surface area contributed by atoms with E-state index in [0.717, 1.165) is 11.8 Å².